The minimum atomic E-state index is -3.15. The second-order valence-corrected chi connectivity index (χ2v) is 8.11. The fourth-order valence-electron chi connectivity index (χ4n) is 3.12. The fraction of sp³-hybridized carbons (Fsp3) is 0.625. The molecule has 134 valence electrons. The van der Waals surface area contributed by atoms with E-state index in [1.165, 1.54) is 0 Å². The van der Waals surface area contributed by atoms with Gasteiger partial charge in [0.1, 0.15) is 11.7 Å². The Labute approximate surface area is 144 Å². The molecule has 1 aromatic heterocycles. The summed E-state index contributed by atoms with van der Waals surface area (Å²) in [5.74, 6) is 1.81. The summed E-state index contributed by atoms with van der Waals surface area (Å²) in [6, 6.07) is 2.25. The first-order valence-electron chi connectivity index (χ1n) is 8.15. The van der Waals surface area contributed by atoms with Crippen LogP contribution in [0.1, 0.15) is 31.7 Å². The first-order valence-corrected chi connectivity index (χ1v) is 9.80. The Hall–Kier alpha value is -1.67. The van der Waals surface area contributed by atoms with E-state index in [2.05, 4.69) is 26.3 Å². The number of sulfonamides is 1. The van der Waals surface area contributed by atoms with Crippen molar-refractivity contribution in [2.45, 2.75) is 38.3 Å². The van der Waals surface area contributed by atoms with Gasteiger partial charge >= 0.3 is 0 Å². The lowest BCUT2D eigenvalue weighted by Crippen LogP contribution is -2.54. The molecule has 1 aliphatic rings. The Morgan fingerprint density at radius 1 is 1.50 bits per heavy atom. The lowest BCUT2D eigenvalue weighted by molar-refractivity contribution is 0.198. The van der Waals surface area contributed by atoms with Crippen LogP contribution in [0.3, 0.4) is 0 Å². The van der Waals surface area contributed by atoms with Crippen molar-refractivity contribution in [2.24, 2.45) is 17.0 Å². The molecule has 24 heavy (non-hydrogen) atoms. The molecule has 0 amide bonds. The van der Waals surface area contributed by atoms with Gasteiger partial charge in [-0.25, -0.2) is 18.1 Å². The highest BCUT2D eigenvalue weighted by molar-refractivity contribution is 7.89. The van der Waals surface area contributed by atoms with E-state index in [0.717, 1.165) is 30.1 Å². The van der Waals surface area contributed by atoms with Crippen molar-refractivity contribution >= 4 is 28.4 Å². The van der Waals surface area contributed by atoms with Gasteiger partial charge in [-0.05, 0) is 32.0 Å². The van der Waals surface area contributed by atoms with Crippen LogP contribution in [-0.4, -0.2) is 62.4 Å². The van der Waals surface area contributed by atoms with Gasteiger partial charge in [0.25, 0.3) is 0 Å². The summed E-state index contributed by atoms with van der Waals surface area (Å²) < 4.78 is 28.4. The topological polar surface area (TPSA) is 79.1 Å². The van der Waals surface area contributed by atoms with E-state index in [0.29, 0.717) is 6.42 Å². The van der Waals surface area contributed by atoms with E-state index in [-0.39, 0.29) is 17.8 Å². The molecule has 0 saturated heterocycles. The summed E-state index contributed by atoms with van der Waals surface area (Å²) in [7, 11) is 2.51. The van der Waals surface area contributed by atoms with Crippen molar-refractivity contribution in [3.05, 3.63) is 17.8 Å². The number of nitrogens with zero attached hydrogens (tertiary/aromatic N) is 4. The molecule has 1 saturated carbocycles. The van der Waals surface area contributed by atoms with Gasteiger partial charge in [-0.2, -0.15) is 0 Å². The van der Waals surface area contributed by atoms with Crippen LogP contribution < -0.4 is 4.72 Å². The molecule has 7 nitrogen and oxygen atoms in total. The Morgan fingerprint density at radius 3 is 2.71 bits per heavy atom. The zero-order valence-electron chi connectivity index (χ0n) is 14.9. The third-order valence-corrected chi connectivity index (χ3v) is 6.09. The third-order valence-electron chi connectivity index (χ3n) is 4.46. The Kier molecular flexibility index (Phi) is 5.82. The average molecular weight is 353 g/mol. The molecule has 1 N–H and O–H groups in total. The summed E-state index contributed by atoms with van der Waals surface area (Å²) in [4.78, 5) is 10.6. The smallest absolute Gasteiger partial charge is 0.211 e. The lowest BCUT2D eigenvalue weighted by atomic mass is 9.86. The van der Waals surface area contributed by atoms with Crippen molar-refractivity contribution in [3.8, 4) is 0 Å². The summed E-state index contributed by atoms with van der Waals surface area (Å²) in [5.41, 5.74) is 0.938. The van der Waals surface area contributed by atoms with Crippen molar-refractivity contribution in [3.63, 3.8) is 0 Å². The van der Waals surface area contributed by atoms with E-state index in [4.69, 9.17) is 0 Å². The zero-order valence-corrected chi connectivity index (χ0v) is 15.7. The summed E-state index contributed by atoms with van der Waals surface area (Å²) in [5, 5.41) is 0. The largest absolute Gasteiger partial charge is 0.356 e. The number of aromatic nitrogens is 1. The fourth-order valence-corrected chi connectivity index (χ4v) is 4.47. The van der Waals surface area contributed by atoms with Crippen LogP contribution in [0.4, 0.5) is 5.82 Å². The van der Waals surface area contributed by atoms with Crippen LogP contribution in [-0.2, 0) is 17.1 Å². The van der Waals surface area contributed by atoms with E-state index in [1.54, 1.807) is 7.05 Å². The second-order valence-electron chi connectivity index (χ2n) is 6.24. The maximum Gasteiger partial charge on any atom is 0.211 e. The maximum atomic E-state index is 11.8. The van der Waals surface area contributed by atoms with E-state index in [1.807, 2.05) is 37.8 Å². The van der Waals surface area contributed by atoms with Gasteiger partial charge in [-0.15, -0.1) is 0 Å². The van der Waals surface area contributed by atoms with E-state index in [9.17, 15) is 8.42 Å². The second kappa shape index (κ2) is 7.48. The Balaban J connectivity index is 2.02. The van der Waals surface area contributed by atoms with Crippen molar-refractivity contribution in [2.75, 3.05) is 19.8 Å². The highest BCUT2D eigenvalue weighted by Crippen LogP contribution is 2.29. The molecule has 0 unspecified atom stereocenters. The molecule has 1 fully saturated rings. The molecule has 0 spiro atoms. The number of rotatable bonds is 7. The molecule has 1 heterocycles. The summed E-state index contributed by atoms with van der Waals surface area (Å²) in [6.07, 6.45) is 4.12. The molecule has 0 aromatic carbocycles. The number of hydrogen-bond acceptors (Lipinski definition) is 4. The number of nitrogens with one attached hydrogen (secondary N) is 1. The SMILES string of the molecule is C=Nc1c(C(=NC)N(C)C2CC(NS(=O)(=O)CCC)C2)ccn1C. The van der Waals surface area contributed by atoms with E-state index >= 15 is 0 Å². The van der Waals surface area contributed by atoms with Gasteiger partial charge in [0.2, 0.25) is 10.0 Å². The summed E-state index contributed by atoms with van der Waals surface area (Å²) >= 11 is 0. The van der Waals surface area contributed by atoms with Crippen LogP contribution in [0, 0.1) is 0 Å². The highest BCUT2D eigenvalue weighted by atomic mass is 32.2. The van der Waals surface area contributed by atoms with Crippen molar-refractivity contribution in [1.29, 1.82) is 0 Å². The number of hydrogen-bond donors (Lipinski definition) is 1. The molecule has 1 aliphatic carbocycles. The standard InChI is InChI=1S/C16H27N5O2S/c1-6-9-24(22,23)19-12-10-13(11-12)21(5)16(18-3)14-7-8-20(4)15(14)17-2/h7-8,12-13,19H,2,6,9-11H2,1,3-5H3. The molecule has 2 rings (SSSR count). The molecule has 0 radical (unpaired) electrons. The van der Waals surface area contributed by atoms with Crippen LogP contribution in [0.15, 0.2) is 22.2 Å². The normalized spacial score (nSPS) is 21.4. The highest BCUT2D eigenvalue weighted by Gasteiger charge is 2.36. The quantitative estimate of drug-likeness (QED) is 0.596. The number of aryl methyl sites for hydroxylation is 1. The molecule has 8 heteroatoms. The van der Waals surface area contributed by atoms with Crippen molar-refractivity contribution < 1.29 is 8.42 Å². The zero-order chi connectivity index (χ0) is 17.9. The van der Waals surface area contributed by atoms with Gasteiger partial charge in [-0.3, -0.25) is 4.99 Å². The number of aliphatic imine (C=N–C) groups is 2. The van der Waals surface area contributed by atoms with Crippen molar-refractivity contribution in [1.82, 2.24) is 14.2 Å². The average Bonchev–Trinajstić information content (AvgIpc) is 2.84. The van der Waals surface area contributed by atoms with Gasteiger partial charge in [-0.1, -0.05) is 6.92 Å². The Bertz CT molecular complexity index is 717. The van der Waals surface area contributed by atoms with Gasteiger partial charge in [0.15, 0.2) is 0 Å². The van der Waals surface area contributed by atoms with Crippen LogP contribution in [0.2, 0.25) is 0 Å². The lowest BCUT2D eigenvalue weighted by Gasteiger charge is -2.42. The van der Waals surface area contributed by atoms with Gasteiger partial charge < -0.3 is 9.47 Å². The van der Waals surface area contributed by atoms with Gasteiger partial charge in [0.05, 0.1) is 11.3 Å². The molecular formula is C16H27N5O2S. The maximum absolute atomic E-state index is 11.8. The van der Waals surface area contributed by atoms with Crippen LogP contribution in [0.25, 0.3) is 0 Å². The molecule has 0 atom stereocenters. The predicted octanol–water partition coefficient (Wildman–Crippen LogP) is 1.53. The minimum Gasteiger partial charge on any atom is -0.356 e. The molecule has 0 aliphatic heterocycles. The molecule has 0 bridgehead atoms. The monoisotopic (exact) mass is 353 g/mol. The molecule has 1 aromatic rings. The van der Waals surface area contributed by atoms with Crippen LogP contribution in [0.5, 0.6) is 0 Å². The minimum absolute atomic E-state index is 0.0138. The van der Waals surface area contributed by atoms with Gasteiger partial charge in [0, 0.05) is 39.4 Å². The first kappa shape index (κ1) is 18.7. The predicted molar refractivity (Wildman–Crippen MR) is 98.9 cm³/mol. The van der Waals surface area contributed by atoms with Crippen LogP contribution >= 0.6 is 0 Å². The first-order chi connectivity index (χ1) is 11.3. The molecular weight excluding hydrogens is 326 g/mol. The Morgan fingerprint density at radius 2 is 2.17 bits per heavy atom. The number of amidine groups is 1. The van der Waals surface area contributed by atoms with E-state index < -0.39 is 10.0 Å². The third kappa shape index (κ3) is 3.87. The summed E-state index contributed by atoms with van der Waals surface area (Å²) in [6.45, 7) is 5.50.